The van der Waals surface area contributed by atoms with Crippen molar-refractivity contribution in [2.45, 2.75) is 24.0 Å². The molecule has 0 N–H and O–H groups in total. The van der Waals surface area contributed by atoms with Gasteiger partial charge in [-0.2, -0.15) is 4.31 Å². The zero-order valence-corrected chi connectivity index (χ0v) is 15.3. The van der Waals surface area contributed by atoms with Crippen LogP contribution in [0.15, 0.2) is 65.7 Å². The Balaban J connectivity index is 1.58. The summed E-state index contributed by atoms with van der Waals surface area (Å²) in [7, 11) is -2.05. The predicted octanol–water partition coefficient (Wildman–Crippen LogP) is 3.00. The van der Waals surface area contributed by atoms with Crippen molar-refractivity contribution in [2.24, 2.45) is 0 Å². The fraction of sp³-hybridized carbons (Fsp3) is 0.250. The van der Waals surface area contributed by atoms with Crippen molar-refractivity contribution in [1.82, 2.24) is 9.29 Å². The van der Waals surface area contributed by atoms with Crippen molar-refractivity contribution >= 4 is 20.9 Å². The quantitative estimate of drug-likeness (QED) is 0.710. The van der Waals surface area contributed by atoms with Gasteiger partial charge in [-0.1, -0.05) is 42.5 Å². The first-order chi connectivity index (χ1) is 12.6. The molecule has 0 saturated carbocycles. The van der Waals surface area contributed by atoms with Crippen LogP contribution in [0, 0.1) is 0 Å². The van der Waals surface area contributed by atoms with E-state index in [0.29, 0.717) is 25.1 Å². The first-order valence-electron chi connectivity index (χ1n) is 8.54. The normalized spacial score (nSPS) is 17.4. The van der Waals surface area contributed by atoms with Crippen LogP contribution in [0.1, 0.15) is 11.1 Å². The minimum Gasteiger partial charge on any atom is -0.372 e. The van der Waals surface area contributed by atoms with E-state index in [-0.39, 0.29) is 11.0 Å². The van der Waals surface area contributed by atoms with Gasteiger partial charge >= 0.3 is 0 Å². The van der Waals surface area contributed by atoms with Gasteiger partial charge in [0.1, 0.15) is 4.90 Å². The number of aromatic nitrogens is 1. The average Bonchev–Trinajstić information content (AvgIpc) is 2.67. The molecule has 0 spiro atoms. The third-order valence-corrected chi connectivity index (χ3v) is 6.64. The van der Waals surface area contributed by atoms with Gasteiger partial charge in [-0.3, -0.25) is 4.98 Å². The van der Waals surface area contributed by atoms with E-state index in [4.69, 9.17) is 4.74 Å². The Hall–Kier alpha value is -2.28. The van der Waals surface area contributed by atoms with Gasteiger partial charge in [0.05, 0.1) is 18.2 Å². The number of rotatable bonds is 4. The molecular formula is C20H20N2O3S. The van der Waals surface area contributed by atoms with Crippen molar-refractivity contribution in [2.75, 3.05) is 13.6 Å². The SMILES string of the molecule is CN(CC1Cc2ccccc2CO1)S(=O)(=O)c1cccc2cccnc12. The second-order valence-corrected chi connectivity index (χ2v) is 8.54. The summed E-state index contributed by atoms with van der Waals surface area (Å²) in [6, 6.07) is 17.0. The van der Waals surface area contributed by atoms with Crippen molar-refractivity contribution in [3.8, 4) is 0 Å². The van der Waals surface area contributed by atoms with Gasteiger partial charge < -0.3 is 4.74 Å². The van der Waals surface area contributed by atoms with E-state index in [0.717, 1.165) is 5.39 Å². The Morgan fingerprint density at radius 3 is 2.69 bits per heavy atom. The molecule has 1 aliphatic rings. The Kier molecular flexibility index (Phi) is 4.48. The fourth-order valence-corrected chi connectivity index (χ4v) is 4.73. The summed E-state index contributed by atoms with van der Waals surface area (Å²) in [6.45, 7) is 0.824. The van der Waals surface area contributed by atoms with Gasteiger partial charge in [-0.05, 0) is 23.3 Å². The molecule has 2 aromatic carbocycles. The standard InChI is InChI=1S/C20H20N2O3S/c1-22(13-18-12-16-6-2-3-7-17(16)14-25-18)26(23,24)19-10-4-8-15-9-5-11-21-20(15)19/h2-11,18H,12-14H2,1H3. The maximum absolute atomic E-state index is 13.1. The van der Waals surface area contributed by atoms with Crippen molar-refractivity contribution in [3.05, 3.63) is 71.9 Å². The van der Waals surface area contributed by atoms with Crippen LogP contribution in [0.5, 0.6) is 0 Å². The van der Waals surface area contributed by atoms with E-state index in [1.807, 2.05) is 30.3 Å². The molecule has 6 heteroatoms. The van der Waals surface area contributed by atoms with Crippen LogP contribution in [-0.4, -0.2) is 37.4 Å². The first-order valence-corrected chi connectivity index (χ1v) is 9.98. The van der Waals surface area contributed by atoms with Crippen LogP contribution in [0.2, 0.25) is 0 Å². The van der Waals surface area contributed by atoms with Crippen molar-refractivity contribution in [3.63, 3.8) is 0 Å². The third-order valence-electron chi connectivity index (χ3n) is 4.79. The van der Waals surface area contributed by atoms with Crippen LogP contribution in [0.4, 0.5) is 0 Å². The first kappa shape index (κ1) is 17.1. The van der Waals surface area contributed by atoms with Crippen molar-refractivity contribution < 1.29 is 13.2 Å². The molecule has 0 amide bonds. The molecule has 1 aliphatic heterocycles. The van der Waals surface area contributed by atoms with Crippen LogP contribution in [-0.2, 0) is 27.8 Å². The number of fused-ring (bicyclic) bond motifs is 2. The minimum absolute atomic E-state index is 0.160. The molecule has 3 aromatic rings. The number of benzene rings is 2. The molecule has 0 radical (unpaired) electrons. The highest BCUT2D eigenvalue weighted by Crippen LogP contribution is 2.25. The van der Waals surface area contributed by atoms with Crippen LogP contribution in [0.3, 0.4) is 0 Å². The molecular weight excluding hydrogens is 348 g/mol. The minimum atomic E-state index is -3.65. The summed E-state index contributed by atoms with van der Waals surface area (Å²) < 4.78 is 33.4. The fourth-order valence-electron chi connectivity index (χ4n) is 3.36. The predicted molar refractivity (Wildman–Crippen MR) is 100 cm³/mol. The molecule has 0 saturated heterocycles. The van der Waals surface area contributed by atoms with E-state index in [2.05, 4.69) is 11.1 Å². The van der Waals surface area contributed by atoms with E-state index in [9.17, 15) is 8.42 Å². The molecule has 0 fully saturated rings. The maximum Gasteiger partial charge on any atom is 0.245 e. The molecule has 4 rings (SSSR count). The zero-order valence-electron chi connectivity index (χ0n) is 14.5. The highest BCUT2D eigenvalue weighted by atomic mass is 32.2. The summed E-state index contributed by atoms with van der Waals surface area (Å²) in [4.78, 5) is 4.50. The maximum atomic E-state index is 13.1. The van der Waals surface area contributed by atoms with E-state index in [1.54, 1.807) is 31.4 Å². The Labute approximate surface area is 153 Å². The second kappa shape index (κ2) is 6.79. The largest absolute Gasteiger partial charge is 0.372 e. The average molecular weight is 368 g/mol. The Bertz CT molecular complexity index is 1040. The number of ether oxygens (including phenoxy) is 1. The number of pyridine rings is 1. The number of likely N-dealkylation sites (N-methyl/N-ethyl adjacent to an activating group) is 1. The molecule has 134 valence electrons. The summed E-state index contributed by atoms with van der Waals surface area (Å²) in [5, 5.41) is 0.810. The number of nitrogens with zero attached hydrogens (tertiary/aromatic N) is 2. The topological polar surface area (TPSA) is 59.5 Å². The molecule has 2 heterocycles. The van der Waals surface area contributed by atoms with Gasteiger partial charge in [-0.15, -0.1) is 0 Å². The summed E-state index contributed by atoms with van der Waals surface area (Å²) in [6.07, 6.45) is 2.17. The van der Waals surface area contributed by atoms with Crippen molar-refractivity contribution in [1.29, 1.82) is 0 Å². The lowest BCUT2D eigenvalue weighted by Gasteiger charge is -2.28. The molecule has 0 bridgehead atoms. The lowest BCUT2D eigenvalue weighted by Crippen LogP contribution is -2.38. The van der Waals surface area contributed by atoms with Gasteiger partial charge in [0.25, 0.3) is 0 Å². The van der Waals surface area contributed by atoms with E-state index < -0.39 is 10.0 Å². The summed E-state index contributed by atoms with van der Waals surface area (Å²) >= 11 is 0. The monoisotopic (exact) mass is 368 g/mol. The van der Waals surface area contributed by atoms with Crippen LogP contribution >= 0.6 is 0 Å². The molecule has 1 unspecified atom stereocenters. The Morgan fingerprint density at radius 1 is 1.08 bits per heavy atom. The second-order valence-electron chi connectivity index (χ2n) is 6.52. The lowest BCUT2D eigenvalue weighted by molar-refractivity contribution is 0.0202. The zero-order chi connectivity index (χ0) is 18.1. The molecule has 26 heavy (non-hydrogen) atoms. The Morgan fingerprint density at radius 2 is 1.85 bits per heavy atom. The van der Waals surface area contributed by atoms with Gasteiger partial charge in [0, 0.05) is 31.6 Å². The lowest BCUT2D eigenvalue weighted by atomic mass is 9.99. The third kappa shape index (κ3) is 3.11. The van der Waals surface area contributed by atoms with E-state index >= 15 is 0 Å². The smallest absolute Gasteiger partial charge is 0.245 e. The van der Waals surface area contributed by atoms with Gasteiger partial charge in [0.15, 0.2) is 0 Å². The van der Waals surface area contributed by atoms with Gasteiger partial charge in [0.2, 0.25) is 10.0 Å². The number of hydrogen-bond donors (Lipinski definition) is 0. The summed E-state index contributed by atoms with van der Waals surface area (Å²) in [5.74, 6) is 0. The van der Waals surface area contributed by atoms with Crippen LogP contribution in [0.25, 0.3) is 10.9 Å². The highest BCUT2D eigenvalue weighted by Gasteiger charge is 2.28. The molecule has 1 aromatic heterocycles. The summed E-state index contributed by atoms with van der Waals surface area (Å²) in [5.41, 5.74) is 2.89. The van der Waals surface area contributed by atoms with E-state index in [1.165, 1.54) is 15.4 Å². The number of sulfonamides is 1. The number of para-hydroxylation sites is 1. The molecule has 5 nitrogen and oxygen atoms in total. The molecule has 0 aliphatic carbocycles. The molecule has 1 atom stereocenters. The van der Waals surface area contributed by atoms with Gasteiger partial charge in [-0.25, -0.2) is 8.42 Å². The van der Waals surface area contributed by atoms with Crippen LogP contribution < -0.4 is 0 Å². The highest BCUT2D eigenvalue weighted by molar-refractivity contribution is 7.89. The number of hydrogen-bond acceptors (Lipinski definition) is 4.